The van der Waals surface area contributed by atoms with Gasteiger partial charge >= 0.3 is 18.0 Å². The van der Waals surface area contributed by atoms with Crippen molar-refractivity contribution in [2.45, 2.75) is 71.6 Å². The number of amides is 5. The second-order valence-corrected chi connectivity index (χ2v) is 18.8. The summed E-state index contributed by atoms with van der Waals surface area (Å²) in [4.78, 5) is 68.8. The van der Waals surface area contributed by atoms with E-state index in [0.717, 1.165) is 166 Å². The first-order valence-electron chi connectivity index (χ1n) is 25.6. The Balaban J connectivity index is 0.000000186. The summed E-state index contributed by atoms with van der Waals surface area (Å²) < 4.78 is 6.20. The Hall–Kier alpha value is -5.49. The molecule has 0 bridgehead atoms. The number of aromatic nitrogens is 2. The minimum absolute atomic E-state index is 0. The zero-order chi connectivity index (χ0) is 49.1. The predicted octanol–water partition coefficient (Wildman–Crippen LogP) is 8.77. The van der Waals surface area contributed by atoms with E-state index in [9.17, 15) is 19.2 Å². The molecule has 5 amide bonds. The van der Waals surface area contributed by atoms with Crippen molar-refractivity contribution < 1.29 is 25.7 Å². The van der Waals surface area contributed by atoms with Crippen LogP contribution in [0.3, 0.4) is 0 Å². The van der Waals surface area contributed by atoms with E-state index in [1.807, 2.05) is 116 Å². The number of hydrogen-bond acceptors (Lipinski definition) is 9. The number of pyridine rings is 2. The Morgan fingerprint density at radius 1 is 0.614 bits per heavy atom. The lowest BCUT2D eigenvalue weighted by atomic mass is 9.81. The minimum Gasteiger partial charge on any atom is -0.481 e. The van der Waals surface area contributed by atoms with Crippen molar-refractivity contribution in [3.05, 3.63) is 108 Å². The summed E-state index contributed by atoms with van der Waals surface area (Å²) in [6.45, 7) is 10.5. The number of halogens is 1. The highest BCUT2D eigenvalue weighted by Crippen LogP contribution is 2.33. The maximum atomic E-state index is 13.1. The van der Waals surface area contributed by atoms with Crippen LogP contribution in [0.15, 0.2) is 97.3 Å². The van der Waals surface area contributed by atoms with Crippen molar-refractivity contribution in [1.29, 1.82) is 0 Å². The molecule has 15 nitrogen and oxygen atoms in total. The fourth-order valence-corrected chi connectivity index (χ4v) is 10.4. The molecular formula is C54H75IN10O5. The van der Waals surface area contributed by atoms with E-state index in [1.54, 1.807) is 0 Å². The average molecular weight is 1070 g/mol. The number of carbonyl (C=O) groups is 4. The molecule has 70 heavy (non-hydrogen) atoms. The summed E-state index contributed by atoms with van der Waals surface area (Å²) in [7, 11) is 0. The number of carbonyl (C=O) groups excluding carboxylic acids is 3. The molecule has 2 aromatic carbocycles. The molecule has 6 heterocycles. The number of carboxylic acids is 1. The summed E-state index contributed by atoms with van der Waals surface area (Å²) in [5, 5.41) is 18.4. The van der Waals surface area contributed by atoms with E-state index < -0.39 is 5.97 Å². The van der Waals surface area contributed by atoms with Gasteiger partial charge in [0, 0.05) is 110 Å². The number of alkyl halides is 1. The number of nitrogens with one attached hydrogen (secondary N) is 3. The standard InChI is InChI=1S/C26H33N5O2.C17H22N2O3.C9H13N3.CH3I.CH4/c32-25(30-17-15-29(16-18-30)24-7-3-4-13-27-24)22-10-8-20(9-11-22)19-31-14-12-21-5-1-2-6-23(21)28-26(31)33;20-16(21)14-7-5-12(6-8-14)11-19-10-9-13-3-1-2-4-15(13)18-17(19)22;1-2-4-11-9(3-1)12-7-5-10-6-8-12;1-2;/h1-7,13,20,22H,8-12,14-19H2,(H,28,33);1-4,12,14H,5-11H2,(H,18,22)(H,20,21);1-4,10H,5-8H2;1H3;1H4/i;;;1D;. The molecule has 2 aromatic heterocycles. The van der Waals surface area contributed by atoms with Gasteiger partial charge in [0.25, 0.3) is 0 Å². The van der Waals surface area contributed by atoms with Gasteiger partial charge in [-0.15, -0.1) is 0 Å². The van der Waals surface area contributed by atoms with Gasteiger partial charge in [0.15, 0.2) is 0 Å². The molecule has 0 unspecified atom stereocenters. The molecule has 4 aliphatic heterocycles. The van der Waals surface area contributed by atoms with Gasteiger partial charge in [-0.25, -0.2) is 19.6 Å². The number of carboxylic acid groups (broad SMARTS) is 1. The van der Waals surface area contributed by atoms with Crippen LogP contribution in [0, 0.1) is 23.7 Å². The minimum atomic E-state index is -0.679. The maximum absolute atomic E-state index is 13.1. The van der Waals surface area contributed by atoms with Crippen LogP contribution in [0.2, 0.25) is 0 Å². The Morgan fingerprint density at radius 2 is 1.04 bits per heavy atom. The zero-order valence-corrected chi connectivity index (χ0v) is 42.1. The van der Waals surface area contributed by atoms with Crippen molar-refractivity contribution in [3.63, 3.8) is 0 Å². The first-order valence-corrected chi connectivity index (χ1v) is 26.4. The number of nitrogens with zero attached hydrogens (tertiary/aromatic N) is 7. The molecule has 4 fully saturated rings. The molecular weight excluding hydrogens is 996 g/mol. The van der Waals surface area contributed by atoms with Crippen LogP contribution in [-0.2, 0) is 22.4 Å². The van der Waals surface area contributed by atoms with E-state index in [1.165, 1.54) is 11.1 Å². The summed E-state index contributed by atoms with van der Waals surface area (Å²) in [6, 6.07) is 27.9. The third-order valence-electron chi connectivity index (χ3n) is 14.4. The highest BCUT2D eigenvalue weighted by Gasteiger charge is 2.33. The first-order chi connectivity index (χ1) is 34.2. The second kappa shape index (κ2) is 27.8. The third-order valence-corrected chi connectivity index (χ3v) is 14.4. The topological polar surface area (TPSA) is 167 Å². The lowest BCUT2D eigenvalue weighted by Crippen LogP contribution is -2.51. The number of rotatable bonds is 8. The molecule has 6 aliphatic rings. The quantitative estimate of drug-likeness (QED) is 0.0990. The Labute approximate surface area is 430 Å². The van der Waals surface area contributed by atoms with Gasteiger partial charge in [0.05, 0.1) is 5.92 Å². The van der Waals surface area contributed by atoms with Gasteiger partial charge in [-0.3, -0.25) is 9.59 Å². The van der Waals surface area contributed by atoms with Crippen molar-refractivity contribution in [3.8, 4) is 0 Å². The van der Waals surface area contributed by atoms with Crippen molar-refractivity contribution in [1.82, 2.24) is 30.0 Å². The van der Waals surface area contributed by atoms with Crippen LogP contribution in [-0.4, -0.2) is 137 Å². The van der Waals surface area contributed by atoms with E-state index >= 15 is 0 Å². The number of urea groups is 2. The number of hydrogen-bond donors (Lipinski definition) is 4. The monoisotopic (exact) mass is 1070 g/mol. The lowest BCUT2D eigenvalue weighted by Gasteiger charge is -2.38. The number of para-hydroxylation sites is 2. The second-order valence-electron chi connectivity index (χ2n) is 18.8. The molecule has 4 N–H and O–H groups in total. The lowest BCUT2D eigenvalue weighted by molar-refractivity contribution is -0.143. The molecule has 10 rings (SSSR count). The predicted molar refractivity (Wildman–Crippen MR) is 289 cm³/mol. The van der Waals surface area contributed by atoms with Gasteiger partial charge in [0.1, 0.15) is 11.6 Å². The van der Waals surface area contributed by atoms with E-state index in [2.05, 4.69) is 53.9 Å². The molecule has 0 atom stereocenters. The molecule has 0 radical (unpaired) electrons. The van der Waals surface area contributed by atoms with Crippen LogP contribution in [0.4, 0.5) is 32.6 Å². The van der Waals surface area contributed by atoms with Crippen LogP contribution in [0.5, 0.6) is 0 Å². The van der Waals surface area contributed by atoms with Crippen molar-refractivity contribution in [2.24, 2.45) is 23.7 Å². The van der Waals surface area contributed by atoms with Gasteiger partial charge in [0.2, 0.25) is 5.91 Å². The van der Waals surface area contributed by atoms with Gasteiger partial charge in [-0.1, -0.05) is 78.5 Å². The number of anilines is 4. The molecule has 2 aliphatic carbocycles. The summed E-state index contributed by atoms with van der Waals surface area (Å²) >= 11 is 1.96. The Bertz CT molecular complexity index is 2250. The SMILES string of the molecule is C.O=C(O)C1CCC(CN2CCc3ccccc3NC2=O)CC1.O=C1Nc2ccccc2CCN1CC1CCC(C(=O)N2CCN(c3ccccn3)CC2)CC1.[2H]CI.c1ccc(N2CCNCC2)nc1. The zero-order valence-electron chi connectivity index (χ0n) is 40.9. The molecule has 0 spiro atoms. The smallest absolute Gasteiger partial charge is 0.321 e. The normalized spacial score (nSPS) is 22.3. The number of piperazine rings is 2. The van der Waals surface area contributed by atoms with Crippen LogP contribution < -0.4 is 25.8 Å². The van der Waals surface area contributed by atoms with Gasteiger partial charge < -0.3 is 45.6 Å². The Morgan fingerprint density at radius 3 is 1.49 bits per heavy atom. The highest BCUT2D eigenvalue weighted by molar-refractivity contribution is 14.1. The first kappa shape index (κ1) is 52.3. The number of fused-ring (bicyclic) bond motifs is 2. The summed E-state index contributed by atoms with van der Waals surface area (Å²) in [5.41, 5.74) is 4.21. The third kappa shape index (κ3) is 15.3. The average Bonchev–Trinajstić information content (AvgIpc) is 3.67. The van der Waals surface area contributed by atoms with Crippen molar-refractivity contribution in [2.75, 3.05) is 104 Å². The van der Waals surface area contributed by atoms with Crippen LogP contribution in [0.1, 0.15) is 71.3 Å². The summed E-state index contributed by atoms with van der Waals surface area (Å²) in [6.07, 6.45) is 12.6. The van der Waals surface area contributed by atoms with Crippen molar-refractivity contribution >= 4 is 69.5 Å². The van der Waals surface area contributed by atoms with E-state index in [-0.39, 0.29) is 31.3 Å². The molecule has 16 heteroatoms. The molecule has 2 saturated carbocycles. The Kier molecular flexibility index (Phi) is 20.8. The fourth-order valence-electron chi connectivity index (χ4n) is 10.4. The molecule has 378 valence electrons. The van der Waals surface area contributed by atoms with E-state index in [4.69, 9.17) is 6.48 Å². The fraction of sp³-hybridized carbons (Fsp3) is 0.519. The summed E-state index contributed by atoms with van der Waals surface area (Å²) in [5.74, 6) is 2.55. The number of aliphatic carboxylic acids is 1. The number of benzene rings is 2. The van der Waals surface area contributed by atoms with E-state index in [0.29, 0.717) is 22.6 Å². The van der Waals surface area contributed by atoms with Crippen LogP contribution >= 0.6 is 22.6 Å². The largest absolute Gasteiger partial charge is 0.481 e. The van der Waals surface area contributed by atoms with Gasteiger partial charge in [-0.05, 0) is 128 Å². The molecule has 4 aromatic rings. The van der Waals surface area contributed by atoms with Gasteiger partial charge in [-0.2, -0.15) is 0 Å². The van der Waals surface area contributed by atoms with Crippen LogP contribution in [0.25, 0.3) is 0 Å². The molecule has 2 saturated heterocycles. The maximum Gasteiger partial charge on any atom is 0.321 e. The highest BCUT2D eigenvalue weighted by atomic mass is 127.